The Kier molecular flexibility index (Phi) is 4.59. The van der Waals surface area contributed by atoms with Gasteiger partial charge in [-0.05, 0) is 25.7 Å². The van der Waals surface area contributed by atoms with Crippen LogP contribution in [0, 0.1) is 5.92 Å². The van der Waals surface area contributed by atoms with Crippen molar-refractivity contribution >= 4 is 17.6 Å². The number of aromatic nitrogens is 2. The number of hydrogen-bond acceptors (Lipinski definition) is 4. The standard InChI is InChI=1S/C17H25N5O2/c1-18-16(24)17(19-14-7-10-21(2)20-14)8-11-22(12-9-17)15(23)13-5-3-4-6-13/h3-4,7,10,13H,5-6,8-9,11-12H2,1-2H3,(H,18,24)(H,19,20). The van der Waals surface area contributed by atoms with Gasteiger partial charge in [-0.25, -0.2) is 0 Å². The number of aryl methyl sites for hydroxylation is 1. The molecule has 1 fully saturated rings. The number of likely N-dealkylation sites (N-methyl/N-ethyl adjacent to an activating group) is 1. The topological polar surface area (TPSA) is 79.3 Å². The zero-order valence-electron chi connectivity index (χ0n) is 14.3. The lowest BCUT2D eigenvalue weighted by Crippen LogP contribution is -2.59. The lowest BCUT2D eigenvalue weighted by atomic mass is 9.85. The van der Waals surface area contributed by atoms with Crippen LogP contribution in [0.2, 0.25) is 0 Å². The van der Waals surface area contributed by atoms with Crippen LogP contribution in [0.3, 0.4) is 0 Å². The van der Waals surface area contributed by atoms with Gasteiger partial charge in [-0.3, -0.25) is 14.3 Å². The fourth-order valence-corrected chi connectivity index (χ4v) is 3.56. The predicted molar refractivity (Wildman–Crippen MR) is 91.3 cm³/mol. The molecular weight excluding hydrogens is 306 g/mol. The summed E-state index contributed by atoms with van der Waals surface area (Å²) in [5.74, 6) is 0.924. The van der Waals surface area contributed by atoms with Crippen LogP contribution >= 0.6 is 0 Å². The van der Waals surface area contributed by atoms with Gasteiger partial charge in [-0.1, -0.05) is 12.2 Å². The molecule has 0 bridgehead atoms. The van der Waals surface area contributed by atoms with E-state index in [-0.39, 0.29) is 17.7 Å². The fourth-order valence-electron chi connectivity index (χ4n) is 3.56. The summed E-state index contributed by atoms with van der Waals surface area (Å²) < 4.78 is 1.70. The van der Waals surface area contributed by atoms with E-state index in [1.165, 1.54) is 0 Å². The van der Waals surface area contributed by atoms with E-state index in [1.807, 2.05) is 24.2 Å². The van der Waals surface area contributed by atoms with Crippen LogP contribution in [0.4, 0.5) is 5.82 Å². The average Bonchev–Trinajstić information content (AvgIpc) is 3.26. The smallest absolute Gasteiger partial charge is 0.245 e. The Morgan fingerprint density at radius 2 is 1.92 bits per heavy atom. The van der Waals surface area contributed by atoms with E-state index < -0.39 is 5.54 Å². The molecule has 0 atom stereocenters. The maximum Gasteiger partial charge on any atom is 0.245 e. The molecule has 7 nitrogen and oxygen atoms in total. The van der Waals surface area contributed by atoms with E-state index in [4.69, 9.17) is 0 Å². The van der Waals surface area contributed by atoms with Crippen LogP contribution in [-0.4, -0.2) is 52.2 Å². The molecule has 2 aliphatic rings. The van der Waals surface area contributed by atoms with Crippen LogP contribution in [-0.2, 0) is 16.6 Å². The summed E-state index contributed by atoms with van der Waals surface area (Å²) in [5.41, 5.74) is -0.714. The van der Waals surface area contributed by atoms with E-state index in [0.717, 1.165) is 12.8 Å². The Morgan fingerprint density at radius 1 is 1.25 bits per heavy atom. The van der Waals surface area contributed by atoms with Crippen LogP contribution < -0.4 is 10.6 Å². The highest BCUT2D eigenvalue weighted by atomic mass is 16.2. The highest BCUT2D eigenvalue weighted by Crippen LogP contribution is 2.29. The van der Waals surface area contributed by atoms with E-state index in [2.05, 4.69) is 27.9 Å². The molecule has 0 saturated carbocycles. The predicted octanol–water partition coefficient (Wildman–Crippen LogP) is 0.905. The summed E-state index contributed by atoms with van der Waals surface area (Å²) in [6, 6.07) is 1.85. The van der Waals surface area contributed by atoms with Crippen molar-refractivity contribution in [1.29, 1.82) is 0 Å². The first-order valence-electron chi connectivity index (χ1n) is 8.48. The van der Waals surface area contributed by atoms with Crippen molar-refractivity contribution < 1.29 is 9.59 Å². The second-order valence-corrected chi connectivity index (χ2v) is 6.63. The number of carbonyl (C=O) groups is 2. The number of hydrogen-bond donors (Lipinski definition) is 2. The summed E-state index contributed by atoms with van der Waals surface area (Å²) in [6.45, 7) is 1.17. The molecule has 7 heteroatoms. The molecule has 130 valence electrons. The minimum Gasteiger partial charge on any atom is -0.357 e. The Bertz CT molecular complexity index is 635. The molecule has 1 aliphatic heterocycles. The van der Waals surface area contributed by atoms with Crippen molar-refractivity contribution in [3.63, 3.8) is 0 Å². The summed E-state index contributed by atoms with van der Waals surface area (Å²) in [5, 5.41) is 10.4. The molecule has 0 spiro atoms. The zero-order chi connectivity index (χ0) is 17.2. The summed E-state index contributed by atoms with van der Waals surface area (Å²) in [7, 11) is 3.49. The van der Waals surface area contributed by atoms with Crippen molar-refractivity contribution in [3.8, 4) is 0 Å². The molecule has 24 heavy (non-hydrogen) atoms. The van der Waals surface area contributed by atoms with Crippen LogP contribution in [0.15, 0.2) is 24.4 Å². The first-order chi connectivity index (χ1) is 11.5. The summed E-state index contributed by atoms with van der Waals surface area (Å²) in [6.07, 6.45) is 8.81. The second kappa shape index (κ2) is 6.67. The highest BCUT2D eigenvalue weighted by molar-refractivity contribution is 5.89. The minimum atomic E-state index is -0.714. The number of amides is 2. The molecule has 2 amide bonds. The van der Waals surface area contributed by atoms with Crippen molar-refractivity contribution in [2.45, 2.75) is 31.2 Å². The molecule has 0 aromatic carbocycles. The molecule has 1 saturated heterocycles. The fraction of sp³-hybridized carbons (Fsp3) is 0.588. The van der Waals surface area contributed by atoms with Crippen molar-refractivity contribution in [2.24, 2.45) is 13.0 Å². The summed E-state index contributed by atoms with van der Waals surface area (Å²) >= 11 is 0. The number of allylic oxidation sites excluding steroid dienone is 2. The molecule has 2 heterocycles. The highest BCUT2D eigenvalue weighted by Gasteiger charge is 2.43. The molecule has 1 aromatic heterocycles. The Labute approximate surface area is 142 Å². The quantitative estimate of drug-likeness (QED) is 0.804. The third kappa shape index (κ3) is 3.16. The Morgan fingerprint density at radius 3 is 2.46 bits per heavy atom. The third-order valence-electron chi connectivity index (χ3n) is 5.03. The van der Waals surface area contributed by atoms with Gasteiger partial charge in [0.05, 0.1) is 0 Å². The molecular formula is C17H25N5O2. The van der Waals surface area contributed by atoms with Gasteiger partial charge in [0.2, 0.25) is 11.8 Å². The number of carbonyl (C=O) groups excluding carboxylic acids is 2. The maximum atomic E-state index is 12.6. The average molecular weight is 331 g/mol. The zero-order valence-corrected chi connectivity index (χ0v) is 14.3. The van der Waals surface area contributed by atoms with E-state index in [9.17, 15) is 9.59 Å². The monoisotopic (exact) mass is 331 g/mol. The number of rotatable bonds is 4. The van der Waals surface area contributed by atoms with Gasteiger partial charge in [-0.15, -0.1) is 0 Å². The number of nitrogens with zero attached hydrogens (tertiary/aromatic N) is 3. The van der Waals surface area contributed by atoms with Gasteiger partial charge in [0.25, 0.3) is 0 Å². The van der Waals surface area contributed by atoms with Crippen LogP contribution in [0.5, 0.6) is 0 Å². The van der Waals surface area contributed by atoms with Crippen LogP contribution in [0.25, 0.3) is 0 Å². The first-order valence-corrected chi connectivity index (χ1v) is 8.48. The minimum absolute atomic E-state index is 0.0530. The molecule has 3 rings (SSSR count). The molecule has 2 N–H and O–H groups in total. The number of nitrogens with one attached hydrogen (secondary N) is 2. The SMILES string of the molecule is CNC(=O)C1(Nc2ccn(C)n2)CCN(C(=O)C2CC=CC2)CC1. The van der Waals surface area contributed by atoms with Gasteiger partial charge in [-0.2, -0.15) is 5.10 Å². The van der Waals surface area contributed by atoms with Gasteiger partial charge >= 0.3 is 0 Å². The number of anilines is 1. The number of piperidine rings is 1. The van der Waals surface area contributed by atoms with E-state index in [0.29, 0.717) is 31.7 Å². The lowest BCUT2D eigenvalue weighted by Gasteiger charge is -2.41. The Hall–Kier alpha value is -2.31. The maximum absolute atomic E-state index is 12.6. The van der Waals surface area contributed by atoms with E-state index in [1.54, 1.807) is 11.7 Å². The third-order valence-corrected chi connectivity index (χ3v) is 5.03. The van der Waals surface area contributed by atoms with Crippen molar-refractivity contribution in [2.75, 3.05) is 25.5 Å². The van der Waals surface area contributed by atoms with Crippen LogP contribution in [0.1, 0.15) is 25.7 Å². The summed E-state index contributed by atoms with van der Waals surface area (Å²) in [4.78, 5) is 27.0. The van der Waals surface area contributed by atoms with Crippen molar-refractivity contribution in [1.82, 2.24) is 20.0 Å². The normalized spacial score (nSPS) is 20.2. The van der Waals surface area contributed by atoms with Gasteiger partial charge < -0.3 is 15.5 Å². The van der Waals surface area contributed by atoms with E-state index >= 15 is 0 Å². The molecule has 1 aromatic rings. The second-order valence-electron chi connectivity index (χ2n) is 6.63. The van der Waals surface area contributed by atoms with Crippen molar-refractivity contribution in [3.05, 3.63) is 24.4 Å². The largest absolute Gasteiger partial charge is 0.357 e. The molecule has 1 aliphatic carbocycles. The van der Waals surface area contributed by atoms with Gasteiger partial charge in [0, 0.05) is 45.4 Å². The molecule has 0 unspecified atom stereocenters. The van der Waals surface area contributed by atoms with Gasteiger partial charge in [0.15, 0.2) is 0 Å². The lowest BCUT2D eigenvalue weighted by molar-refractivity contribution is -0.139. The first kappa shape index (κ1) is 16.5. The molecule has 0 radical (unpaired) electrons. The number of likely N-dealkylation sites (tertiary alicyclic amines) is 1. The van der Waals surface area contributed by atoms with Gasteiger partial charge in [0.1, 0.15) is 11.4 Å². The Balaban J connectivity index is 1.68.